The Hall–Kier alpha value is -3.08. The van der Waals surface area contributed by atoms with Crippen molar-refractivity contribution >= 4 is 16.8 Å². The Morgan fingerprint density at radius 1 is 1.07 bits per heavy atom. The van der Waals surface area contributed by atoms with Gasteiger partial charge < -0.3 is 15.0 Å². The molecule has 0 fully saturated rings. The molecular formula is C22H24N2O3. The fraction of sp³-hybridized carbons (Fsp3) is 0.273. The number of rotatable bonds is 6. The van der Waals surface area contributed by atoms with Crippen molar-refractivity contribution in [1.82, 2.24) is 10.3 Å². The van der Waals surface area contributed by atoms with Crippen LogP contribution >= 0.6 is 0 Å². The van der Waals surface area contributed by atoms with Crippen molar-refractivity contribution in [3.63, 3.8) is 0 Å². The normalized spacial score (nSPS) is 10.8. The number of fused-ring (bicyclic) bond motifs is 1. The van der Waals surface area contributed by atoms with Crippen LogP contribution in [-0.4, -0.2) is 24.5 Å². The summed E-state index contributed by atoms with van der Waals surface area (Å²) in [5.74, 6) is 0.699. The minimum atomic E-state index is -0.0967. The summed E-state index contributed by atoms with van der Waals surface area (Å²) in [5.41, 5.74) is 4.56. The lowest BCUT2D eigenvalue weighted by Gasteiger charge is -2.09. The number of methoxy groups -OCH3 is 1. The number of carbonyl (C=O) groups is 1. The Kier molecular flexibility index (Phi) is 5.60. The molecule has 27 heavy (non-hydrogen) atoms. The summed E-state index contributed by atoms with van der Waals surface area (Å²) in [7, 11) is 1.61. The lowest BCUT2D eigenvalue weighted by Crippen LogP contribution is -2.28. The Bertz CT molecular complexity index is 1020. The van der Waals surface area contributed by atoms with E-state index in [1.165, 1.54) is 0 Å². The molecule has 5 heteroatoms. The fourth-order valence-corrected chi connectivity index (χ4v) is 3.13. The number of nitrogens with one attached hydrogen (secondary N) is 2. The number of benzene rings is 2. The average molecular weight is 364 g/mol. The smallest absolute Gasteiger partial charge is 0.251 e. The predicted molar refractivity (Wildman–Crippen MR) is 107 cm³/mol. The minimum absolute atomic E-state index is 0.0654. The molecule has 0 aliphatic heterocycles. The Morgan fingerprint density at radius 2 is 1.78 bits per heavy atom. The number of aryl methyl sites for hydroxylation is 2. The summed E-state index contributed by atoms with van der Waals surface area (Å²) in [6.07, 6.45) is 0.795. The van der Waals surface area contributed by atoms with Crippen LogP contribution in [-0.2, 0) is 17.6 Å². The van der Waals surface area contributed by atoms with Gasteiger partial charge in [-0.25, -0.2) is 0 Å². The zero-order valence-electron chi connectivity index (χ0n) is 15.9. The molecule has 0 spiro atoms. The predicted octanol–water partition coefficient (Wildman–Crippen LogP) is 3.05. The van der Waals surface area contributed by atoms with Crippen LogP contribution in [0.1, 0.15) is 22.3 Å². The van der Waals surface area contributed by atoms with E-state index < -0.39 is 0 Å². The van der Waals surface area contributed by atoms with E-state index in [1.54, 1.807) is 7.11 Å². The summed E-state index contributed by atoms with van der Waals surface area (Å²) in [5, 5.41) is 3.94. The number of hydrogen-bond acceptors (Lipinski definition) is 3. The second kappa shape index (κ2) is 8.08. The van der Waals surface area contributed by atoms with Crippen molar-refractivity contribution < 1.29 is 9.53 Å². The van der Waals surface area contributed by atoms with Gasteiger partial charge >= 0.3 is 0 Å². The highest BCUT2D eigenvalue weighted by atomic mass is 16.5. The van der Waals surface area contributed by atoms with Gasteiger partial charge in [0.2, 0.25) is 5.91 Å². The van der Waals surface area contributed by atoms with Gasteiger partial charge in [0.25, 0.3) is 5.56 Å². The van der Waals surface area contributed by atoms with E-state index in [-0.39, 0.29) is 11.5 Å². The van der Waals surface area contributed by atoms with Crippen molar-refractivity contribution in [2.45, 2.75) is 26.7 Å². The lowest BCUT2D eigenvalue weighted by molar-refractivity contribution is -0.120. The van der Waals surface area contributed by atoms with Gasteiger partial charge in [-0.15, -0.1) is 0 Å². The van der Waals surface area contributed by atoms with Gasteiger partial charge in [0.1, 0.15) is 5.75 Å². The van der Waals surface area contributed by atoms with Crippen molar-refractivity contribution in [3.05, 3.63) is 75.1 Å². The molecule has 3 rings (SSSR count). The Morgan fingerprint density at radius 3 is 2.48 bits per heavy atom. The Balaban J connectivity index is 1.62. The van der Waals surface area contributed by atoms with Crippen molar-refractivity contribution in [3.8, 4) is 5.75 Å². The number of aromatic nitrogens is 1. The molecule has 0 aliphatic rings. The average Bonchev–Trinajstić information content (AvgIpc) is 2.66. The first-order chi connectivity index (χ1) is 13.0. The van der Waals surface area contributed by atoms with Crippen LogP contribution in [0.5, 0.6) is 5.75 Å². The van der Waals surface area contributed by atoms with E-state index in [2.05, 4.69) is 16.4 Å². The molecule has 0 bridgehead atoms. The fourth-order valence-electron chi connectivity index (χ4n) is 3.13. The third-order valence-electron chi connectivity index (χ3n) is 4.76. The maximum atomic E-state index is 12.3. The maximum absolute atomic E-state index is 12.3. The zero-order chi connectivity index (χ0) is 19.4. The third kappa shape index (κ3) is 4.37. The second-order valence-corrected chi connectivity index (χ2v) is 6.74. The summed E-state index contributed by atoms with van der Waals surface area (Å²) < 4.78 is 5.11. The van der Waals surface area contributed by atoms with E-state index in [1.807, 2.05) is 50.2 Å². The minimum Gasteiger partial charge on any atom is -0.497 e. The molecule has 2 N–H and O–H groups in total. The van der Waals surface area contributed by atoms with Crippen LogP contribution in [0.2, 0.25) is 0 Å². The van der Waals surface area contributed by atoms with Crippen LogP contribution < -0.4 is 15.6 Å². The molecule has 0 saturated carbocycles. The summed E-state index contributed by atoms with van der Waals surface area (Å²) in [4.78, 5) is 27.4. The molecule has 140 valence electrons. The molecule has 1 heterocycles. The van der Waals surface area contributed by atoms with E-state index in [9.17, 15) is 9.59 Å². The van der Waals surface area contributed by atoms with Gasteiger partial charge in [-0.3, -0.25) is 9.59 Å². The van der Waals surface area contributed by atoms with Gasteiger partial charge in [0.15, 0.2) is 0 Å². The third-order valence-corrected chi connectivity index (χ3v) is 4.76. The number of ether oxygens (including phenoxy) is 1. The first-order valence-corrected chi connectivity index (χ1v) is 8.99. The lowest BCUT2D eigenvalue weighted by atomic mass is 10.0. The molecule has 1 aromatic heterocycles. The van der Waals surface area contributed by atoms with Crippen LogP contribution in [0.15, 0.2) is 47.3 Å². The summed E-state index contributed by atoms with van der Waals surface area (Å²) in [6, 6.07) is 13.4. The molecule has 0 aliphatic carbocycles. The molecule has 5 nitrogen and oxygen atoms in total. The van der Waals surface area contributed by atoms with Gasteiger partial charge in [0, 0.05) is 17.5 Å². The van der Waals surface area contributed by atoms with Crippen molar-refractivity contribution in [2.75, 3.05) is 13.7 Å². The van der Waals surface area contributed by atoms with Crippen molar-refractivity contribution in [2.24, 2.45) is 0 Å². The van der Waals surface area contributed by atoms with E-state index in [4.69, 9.17) is 4.74 Å². The van der Waals surface area contributed by atoms with Gasteiger partial charge in [0.05, 0.1) is 19.0 Å². The topological polar surface area (TPSA) is 71.2 Å². The van der Waals surface area contributed by atoms with E-state index in [0.717, 1.165) is 33.3 Å². The monoisotopic (exact) mass is 364 g/mol. The molecule has 0 unspecified atom stereocenters. The largest absolute Gasteiger partial charge is 0.497 e. The molecule has 3 aromatic rings. The van der Waals surface area contributed by atoms with Crippen LogP contribution in [0, 0.1) is 13.8 Å². The molecular weight excluding hydrogens is 340 g/mol. The number of carbonyl (C=O) groups excluding carboxylic acids is 1. The Labute approximate surface area is 158 Å². The maximum Gasteiger partial charge on any atom is 0.251 e. The first kappa shape index (κ1) is 18.7. The van der Waals surface area contributed by atoms with Gasteiger partial charge in [-0.05, 0) is 55.2 Å². The number of H-pyrrole nitrogens is 1. The standard InChI is InChI=1S/C22H24N2O3/c1-14-4-5-15(2)21-19(14)13-17(22(26)24-21)10-11-23-20(25)12-16-6-8-18(27-3)9-7-16/h4-9,13H,10-12H2,1-3H3,(H,23,25)(H,24,26). The van der Waals surface area contributed by atoms with E-state index in [0.29, 0.717) is 24.9 Å². The first-order valence-electron chi connectivity index (χ1n) is 8.99. The van der Waals surface area contributed by atoms with Crippen LogP contribution in [0.4, 0.5) is 0 Å². The van der Waals surface area contributed by atoms with Crippen LogP contribution in [0.3, 0.4) is 0 Å². The highest BCUT2D eigenvalue weighted by Crippen LogP contribution is 2.19. The molecule has 0 atom stereocenters. The van der Waals surface area contributed by atoms with E-state index >= 15 is 0 Å². The van der Waals surface area contributed by atoms with Gasteiger partial charge in [-0.1, -0.05) is 24.3 Å². The molecule has 0 radical (unpaired) electrons. The number of aromatic amines is 1. The number of hydrogen-bond donors (Lipinski definition) is 2. The molecule has 0 saturated heterocycles. The number of pyridine rings is 1. The summed E-state index contributed by atoms with van der Waals surface area (Å²) in [6.45, 7) is 4.44. The van der Waals surface area contributed by atoms with Gasteiger partial charge in [-0.2, -0.15) is 0 Å². The SMILES string of the molecule is COc1ccc(CC(=O)NCCc2cc3c(C)ccc(C)c3[nH]c2=O)cc1. The van der Waals surface area contributed by atoms with Crippen LogP contribution in [0.25, 0.3) is 10.9 Å². The highest BCUT2D eigenvalue weighted by Gasteiger charge is 2.08. The highest BCUT2D eigenvalue weighted by molar-refractivity contribution is 5.85. The number of amides is 1. The molecule has 1 amide bonds. The molecule has 2 aromatic carbocycles. The summed E-state index contributed by atoms with van der Waals surface area (Å²) >= 11 is 0. The van der Waals surface area contributed by atoms with Crippen molar-refractivity contribution in [1.29, 1.82) is 0 Å². The zero-order valence-corrected chi connectivity index (χ0v) is 15.9. The quantitative estimate of drug-likeness (QED) is 0.706. The second-order valence-electron chi connectivity index (χ2n) is 6.74.